The molecule has 2 N–H and O–H groups in total. The van der Waals surface area contributed by atoms with Gasteiger partial charge in [-0.1, -0.05) is 24.3 Å². The van der Waals surface area contributed by atoms with Crippen LogP contribution in [0.15, 0.2) is 47.8 Å². The summed E-state index contributed by atoms with van der Waals surface area (Å²) in [7, 11) is 0. The molecule has 150 valence electrons. The van der Waals surface area contributed by atoms with E-state index in [2.05, 4.69) is 15.6 Å². The lowest BCUT2D eigenvalue weighted by Crippen LogP contribution is -2.16. The molecule has 2 amide bonds. The summed E-state index contributed by atoms with van der Waals surface area (Å²) in [6, 6.07) is 11.7. The van der Waals surface area contributed by atoms with Crippen molar-refractivity contribution >= 4 is 34.7 Å². The Hall–Kier alpha value is -3.26. The predicted octanol–water partition coefficient (Wildman–Crippen LogP) is 5.00. The van der Waals surface area contributed by atoms with E-state index in [9.17, 15) is 14.0 Å². The summed E-state index contributed by atoms with van der Waals surface area (Å²) in [6.45, 7) is 3.76. The fourth-order valence-electron chi connectivity index (χ4n) is 2.67. The summed E-state index contributed by atoms with van der Waals surface area (Å²) in [5.74, 6) is -0.673. The van der Waals surface area contributed by atoms with Gasteiger partial charge < -0.3 is 10.1 Å². The minimum atomic E-state index is -0.559. The van der Waals surface area contributed by atoms with Gasteiger partial charge in [-0.05, 0) is 43.2 Å². The molecular formula is C21H20FN3O3S. The minimum absolute atomic E-state index is 0.254. The first-order valence-corrected chi connectivity index (χ1v) is 9.88. The van der Waals surface area contributed by atoms with Crippen molar-refractivity contribution < 1.29 is 18.7 Å². The van der Waals surface area contributed by atoms with E-state index in [1.807, 2.05) is 0 Å². The lowest BCUT2D eigenvalue weighted by atomic mass is 10.1. The molecule has 0 aliphatic rings. The van der Waals surface area contributed by atoms with Crippen molar-refractivity contribution in [2.24, 2.45) is 0 Å². The fraction of sp³-hybridized carbons (Fsp3) is 0.190. The van der Waals surface area contributed by atoms with Gasteiger partial charge in [-0.25, -0.2) is 14.2 Å². The first-order chi connectivity index (χ1) is 14.0. The maximum Gasteiger partial charge on any atom is 0.411 e. The molecule has 2 aromatic carbocycles. The Kier molecular flexibility index (Phi) is 6.56. The number of rotatable bonds is 6. The Bertz CT molecular complexity index is 1040. The standard InChI is InChI=1S/C21H20FN3O3S/c1-3-28-21(27)25-17-10-6-9-16(13(17)2)24-20(26)18-12-29-19(23-18)11-14-7-4-5-8-15(14)22/h4-10,12H,3,11H2,1-2H3,(H,24,26)(H,25,27). The Balaban J connectivity index is 1.70. The average Bonchev–Trinajstić information content (AvgIpc) is 3.16. The molecule has 6 nitrogen and oxygen atoms in total. The lowest BCUT2D eigenvalue weighted by molar-refractivity contribution is 0.102. The first kappa shape index (κ1) is 20.5. The highest BCUT2D eigenvalue weighted by Gasteiger charge is 2.15. The maximum atomic E-state index is 13.8. The summed E-state index contributed by atoms with van der Waals surface area (Å²) in [5, 5.41) is 7.73. The number of aromatic nitrogens is 1. The third-order valence-electron chi connectivity index (χ3n) is 4.18. The van der Waals surface area contributed by atoms with E-state index in [4.69, 9.17) is 4.74 Å². The van der Waals surface area contributed by atoms with Gasteiger partial charge >= 0.3 is 6.09 Å². The molecule has 3 aromatic rings. The normalized spacial score (nSPS) is 10.4. The number of carbonyl (C=O) groups excluding carboxylic acids is 2. The zero-order valence-electron chi connectivity index (χ0n) is 16.0. The van der Waals surface area contributed by atoms with Crippen LogP contribution >= 0.6 is 11.3 Å². The number of benzene rings is 2. The van der Waals surface area contributed by atoms with Gasteiger partial charge in [0.05, 0.1) is 11.6 Å². The van der Waals surface area contributed by atoms with Crippen LogP contribution in [0.2, 0.25) is 0 Å². The van der Waals surface area contributed by atoms with Crippen LogP contribution in [0, 0.1) is 12.7 Å². The largest absolute Gasteiger partial charge is 0.450 e. The molecule has 1 aromatic heterocycles. The summed E-state index contributed by atoms with van der Waals surface area (Å²) < 4.78 is 18.7. The van der Waals surface area contributed by atoms with Crippen molar-refractivity contribution in [3.63, 3.8) is 0 Å². The van der Waals surface area contributed by atoms with Gasteiger partial charge in [-0.2, -0.15) is 0 Å². The van der Waals surface area contributed by atoms with E-state index < -0.39 is 6.09 Å². The number of hydrogen-bond acceptors (Lipinski definition) is 5. The van der Waals surface area contributed by atoms with Gasteiger partial charge in [0.15, 0.2) is 0 Å². The van der Waals surface area contributed by atoms with Crippen LogP contribution in [0.3, 0.4) is 0 Å². The number of thiazole rings is 1. The van der Waals surface area contributed by atoms with Crippen LogP contribution < -0.4 is 10.6 Å². The van der Waals surface area contributed by atoms with Gasteiger partial charge in [0.2, 0.25) is 0 Å². The molecule has 0 aliphatic carbocycles. The van der Waals surface area contributed by atoms with E-state index in [1.165, 1.54) is 17.4 Å². The second kappa shape index (κ2) is 9.29. The Morgan fingerprint density at radius 1 is 1.10 bits per heavy atom. The molecule has 0 fully saturated rings. The predicted molar refractivity (Wildman–Crippen MR) is 111 cm³/mol. The number of anilines is 2. The number of amides is 2. The number of hydrogen-bond donors (Lipinski definition) is 2. The third-order valence-corrected chi connectivity index (χ3v) is 5.03. The van der Waals surface area contributed by atoms with Crippen LogP contribution in [0.1, 0.15) is 33.5 Å². The van der Waals surface area contributed by atoms with Crippen molar-refractivity contribution in [2.45, 2.75) is 20.3 Å². The number of nitrogens with one attached hydrogen (secondary N) is 2. The molecule has 8 heteroatoms. The number of halogens is 1. The van der Waals surface area contributed by atoms with Crippen molar-refractivity contribution in [2.75, 3.05) is 17.2 Å². The molecule has 3 rings (SSSR count). The molecule has 0 unspecified atom stereocenters. The van der Waals surface area contributed by atoms with E-state index in [0.717, 1.165) is 0 Å². The van der Waals surface area contributed by atoms with Crippen LogP contribution in [0.5, 0.6) is 0 Å². The van der Waals surface area contributed by atoms with Gasteiger partial charge in [-0.15, -0.1) is 11.3 Å². The van der Waals surface area contributed by atoms with E-state index >= 15 is 0 Å². The summed E-state index contributed by atoms with van der Waals surface area (Å²) >= 11 is 1.30. The molecule has 0 saturated heterocycles. The van der Waals surface area contributed by atoms with Gasteiger partial charge in [0, 0.05) is 23.2 Å². The average molecular weight is 413 g/mol. The first-order valence-electron chi connectivity index (χ1n) is 9.00. The molecule has 0 radical (unpaired) electrons. The Morgan fingerprint density at radius 3 is 2.55 bits per heavy atom. The van der Waals surface area contributed by atoms with Gasteiger partial charge in [0.25, 0.3) is 5.91 Å². The number of nitrogens with zero attached hydrogens (tertiary/aromatic N) is 1. The molecular weight excluding hydrogens is 393 g/mol. The smallest absolute Gasteiger partial charge is 0.411 e. The molecule has 0 spiro atoms. The highest BCUT2D eigenvalue weighted by Crippen LogP contribution is 2.24. The lowest BCUT2D eigenvalue weighted by Gasteiger charge is -2.12. The van der Waals surface area contributed by atoms with Crippen LogP contribution in [-0.2, 0) is 11.2 Å². The van der Waals surface area contributed by atoms with E-state index in [-0.39, 0.29) is 24.0 Å². The molecule has 0 saturated carbocycles. The second-order valence-electron chi connectivity index (χ2n) is 6.17. The topological polar surface area (TPSA) is 80.3 Å². The molecule has 0 bridgehead atoms. The molecule has 0 atom stereocenters. The van der Waals surface area contributed by atoms with Crippen molar-refractivity contribution in [3.05, 3.63) is 75.5 Å². The summed E-state index contributed by atoms with van der Waals surface area (Å²) in [6.07, 6.45) is -0.237. The number of ether oxygens (including phenoxy) is 1. The molecule has 1 heterocycles. The minimum Gasteiger partial charge on any atom is -0.450 e. The molecule has 0 aliphatic heterocycles. The summed E-state index contributed by atoms with van der Waals surface area (Å²) in [5.41, 5.74) is 2.57. The van der Waals surface area contributed by atoms with Crippen molar-refractivity contribution in [1.29, 1.82) is 0 Å². The van der Waals surface area contributed by atoms with Crippen molar-refractivity contribution in [3.8, 4) is 0 Å². The van der Waals surface area contributed by atoms with Crippen LogP contribution in [0.25, 0.3) is 0 Å². The van der Waals surface area contributed by atoms with E-state index in [0.29, 0.717) is 33.9 Å². The third kappa shape index (κ3) is 5.17. The fourth-order valence-corrected chi connectivity index (χ4v) is 3.47. The Labute approximate surface area is 171 Å². The highest BCUT2D eigenvalue weighted by atomic mass is 32.1. The zero-order chi connectivity index (χ0) is 20.8. The van der Waals surface area contributed by atoms with Gasteiger partial charge in [0.1, 0.15) is 11.5 Å². The van der Waals surface area contributed by atoms with Crippen molar-refractivity contribution in [1.82, 2.24) is 4.98 Å². The molecule has 29 heavy (non-hydrogen) atoms. The van der Waals surface area contributed by atoms with Crippen LogP contribution in [-0.4, -0.2) is 23.6 Å². The van der Waals surface area contributed by atoms with Gasteiger partial charge in [-0.3, -0.25) is 10.1 Å². The summed E-state index contributed by atoms with van der Waals surface area (Å²) in [4.78, 5) is 28.5. The zero-order valence-corrected chi connectivity index (χ0v) is 16.8. The van der Waals surface area contributed by atoms with Crippen LogP contribution in [0.4, 0.5) is 20.6 Å². The highest BCUT2D eigenvalue weighted by molar-refractivity contribution is 7.09. The SMILES string of the molecule is CCOC(=O)Nc1cccc(NC(=O)c2csc(Cc3ccccc3F)n2)c1C. The van der Waals surface area contributed by atoms with E-state index in [1.54, 1.807) is 55.6 Å². The Morgan fingerprint density at radius 2 is 1.83 bits per heavy atom. The number of carbonyl (C=O) groups is 2. The monoisotopic (exact) mass is 413 g/mol. The second-order valence-corrected chi connectivity index (χ2v) is 7.12. The quantitative estimate of drug-likeness (QED) is 0.596. The maximum absolute atomic E-state index is 13.8.